The van der Waals surface area contributed by atoms with Crippen molar-refractivity contribution in [2.24, 2.45) is 14.1 Å². The second-order valence-corrected chi connectivity index (χ2v) is 7.65. The molecule has 33 heavy (non-hydrogen) atoms. The van der Waals surface area contributed by atoms with E-state index in [2.05, 4.69) is 25.6 Å². The highest BCUT2D eigenvalue weighted by atomic mass is 32.1. The molecule has 0 atom stereocenters. The Bertz CT molecular complexity index is 1380. The van der Waals surface area contributed by atoms with Gasteiger partial charge in [0.15, 0.2) is 5.13 Å². The number of aromatic nitrogens is 5. The van der Waals surface area contributed by atoms with Crippen LogP contribution in [0.5, 0.6) is 0 Å². The fourth-order valence-electron chi connectivity index (χ4n) is 2.96. The Morgan fingerprint density at radius 2 is 1.48 bits per heavy atom. The molecular formula is C17H13N9O6S. The predicted octanol–water partition coefficient (Wildman–Crippen LogP) is 2.08. The first-order valence-electron chi connectivity index (χ1n) is 9.01. The number of hydrogen-bond donors (Lipinski definition) is 2. The summed E-state index contributed by atoms with van der Waals surface area (Å²) in [6.07, 6.45) is 1.98. The number of benzene rings is 1. The van der Waals surface area contributed by atoms with Crippen molar-refractivity contribution >= 4 is 55.8 Å². The lowest BCUT2D eigenvalue weighted by atomic mass is 10.3. The molecule has 168 valence electrons. The molecule has 0 aliphatic heterocycles. The number of carbonyl (C=O) groups excluding carboxylic acids is 2. The highest BCUT2D eigenvalue weighted by molar-refractivity contribution is 7.22. The quantitative estimate of drug-likeness (QED) is 0.313. The topological polar surface area (TPSA) is 193 Å². The maximum Gasteiger partial charge on any atom is 0.343 e. The van der Waals surface area contributed by atoms with Crippen LogP contribution in [-0.4, -0.2) is 45.7 Å². The molecule has 4 aromatic rings. The lowest BCUT2D eigenvalue weighted by Gasteiger charge is -2.03. The Morgan fingerprint density at radius 1 is 0.939 bits per heavy atom. The van der Waals surface area contributed by atoms with E-state index in [0.717, 1.165) is 32.9 Å². The average molecular weight is 471 g/mol. The molecule has 16 heteroatoms. The second-order valence-electron chi connectivity index (χ2n) is 6.62. The molecule has 1 aromatic carbocycles. The van der Waals surface area contributed by atoms with Crippen LogP contribution < -0.4 is 10.6 Å². The number of imidazole rings is 2. The number of carbonyl (C=O) groups is 2. The monoisotopic (exact) mass is 471 g/mol. The van der Waals surface area contributed by atoms with Crippen molar-refractivity contribution in [1.29, 1.82) is 0 Å². The van der Waals surface area contributed by atoms with Crippen molar-refractivity contribution < 1.29 is 19.4 Å². The summed E-state index contributed by atoms with van der Waals surface area (Å²) in [7, 11) is 2.71. The Kier molecular flexibility index (Phi) is 5.26. The highest BCUT2D eigenvalue weighted by Crippen LogP contribution is 2.29. The van der Waals surface area contributed by atoms with E-state index >= 15 is 0 Å². The summed E-state index contributed by atoms with van der Waals surface area (Å²) in [5.41, 5.74) is 0.922. The van der Waals surface area contributed by atoms with Crippen molar-refractivity contribution in [3.63, 3.8) is 0 Å². The molecule has 0 spiro atoms. The molecule has 3 aromatic heterocycles. The van der Waals surface area contributed by atoms with Gasteiger partial charge >= 0.3 is 23.5 Å². The van der Waals surface area contributed by atoms with Gasteiger partial charge in [0.25, 0.3) is 11.6 Å². The van der Waals surface area contributed by atoms with Gasteiger partial charge < -0.3 is 25.5 Å². The molecule has 0 aliphatic carbocycles. The summed E-state index contributed by atoms with van der Waals surface area (Å²) in [4.78, 5) is 57.3. The summed E-state index contributed by atoms with van der Waals surface area (Å²) in [5.74, 6) is -2.26. The molecule has 4 rings (SSSR count). The van der Waals surface area contributed by atoms with Gasteiger partial charge in [0.2, 0.25) is 0 Å². The zero-order chi connectivity index (χ0) is 23.9. The first-order valence-corrected chi connectivity index (χ1v) is 9.83. The zero-order valence-electron chi connectivity index (χ0n) is 16.9. The first-order chi connectivity index (χ1) is 15.7. The first kappa shape index (κ1) is 21.5. The van der Waals surface area contributed by atoms with Gasteiger partial charge in [-0.25, -0.2) is 24.1 Å². The maximum atomic E-state index is 12.5. The molecule has 15 nitrogen and oxygen atoms in total. The van der Waals surface area contributed by atoms with Crippen LogP contribution in [0.15, 0.2) is 30.6 Å². The van der Waals surface area contributed by atoms with Gasteiger partial charge in [0.05, 0.1) is 24.3 Å². The zero-order valence-corrected chi connectivity index (χ0v) is 17.7. The Labute approximate surface area is 187 Å². The third-order valence-corrected chi connectivity index (χ3v) is 5.51. The normalized spacial score (nSPS) is 10.8. The van der Waals surface area contributed by atoms with Crippen molar-refractivity contribution in [1.82, 2.24) is 24.1 Å². The van der Waals surface area contributed by atoms with E-state index in [1.54, 1.807) is 18.2 Å². The number of nitrogens with one attached hydrogen (secondary N) is 2. The number of fused-ring (bicyclic) bond motifs is 1. The van der Waals surface area contributed by atoms with Crippen molar-refractivity contribution in [3.8, 4) is 0 Å². The molecular weight excluding hydrogens is 458 g/mol. The van der Waals surface area contributed by atoms with Gasteiger partial charge in [-0.15, -0.1) is 0 Å². The summed E-state index contributed by atoms with van der Waals surface area (Å²) < 4.78 is 2.74. The van der Waals surface area contributed by atoms with E-state index in [-0.39, 0.29) is 28.4 Å². The minimum atomic E-state index is -0.672. The number of anilines is 2. The summed E-state index contributed by atoms with van der Waals surface area (Å²) in [6.45, 7) is 0. The minimum absolute atomic E-state index is 0.136. The number of amides is 2. The van der Waals surface area contributed by atoms with Crippen LogP contribution in [0.2, 0.25) is 0 Å². The molecule has 0 unspecified atom stereocenters. The van der Waals surface area contributed by atoms with Crippen LogP contribution in [0.25, 0.3) is 10.2 Å². The van der Waals surface area contributed by atoms with Crippen molar-refractivity contribution in [2.75, 3.05) is 10.6 Å². The van der Waals surface area contributed by atoms with E-state index in [9.17, 15) is 29.8 Å². The number of nitrogens with zero attached hydrogens (tertiary/aromatic N) is 7. The molecule has 2 amide bonds. The van der Waals surface area contributed by atoms with E-state index in [0.29, 0.717) is 15.9 Å². The fourth-order valence-corrected chi connectivity index (χ4v) is 3.86. The number of thiazole rings is 1. The van der Waals surface area contributed by atoms with Gasteiger partial charge in [-0.3, -0.25) is 14.9 Å². The average Bonchev–Trinajstić information content (AvgIpc) is 3.43. The van der Waals surface area contributed by atoms with Gasteiger partial charge in [-0.05, 0) is 28.0 Å². The Hall–Kier alpha value is -4.73. The SMILES string of the molecule is Cn1c([N+](=O)[O-])cnc1C(=O)Nc1ccc2nc(NC(=O)c3ncc([N+](=O)[O-])n3C)sc2c1. The third kappa shape index (κ3) is 3.97. The second kappa shape index (κ2) is 8.08. The molecule has 3 heterocycles. The number of hydrogen-bond acceptors (Lipinski definition) is 10. The molecule has 2 N–H and O–H groups in total. The van der Waals surface area contributed by atoms with Crippen molar-refractivity contribution in [2.45, 2.75) is 0 Å². The van der Waals surface area contributed by atoms with Crippen molar-refractivity contribution in [3.05, 3.63) is 62.5 Å². The fraction of sp³-hybridized carbons (Fsp3) is 0.118. The standard InChI is InChI=1S/C17H13N9O6S/c1-23-11(25(29)30)6-18-13(23)15(27)20-8-3-4-9-10(5-8)33-17(21-9)22-16(28)14-19-7-12(24(14)2)26(31)32/h3-7H,1-2H3,(H,20,27)(H,21,22,28). The van der Waals surface area contributed by atoms with Crippen LogP contribution in [0.4, 0.5) is 22.5 Å². The Morgan fingerprint density at radius 3 is 2.00 bits per heavy atom. The third-order valence-electron chi connectivity index (χ3n) is 4.57. The number of rotatable bonds is 6. The molecule has 0 fully saturated rings. The smallest absolute Gasteiger partial charge is 0.343 e. The van der Waals surface area contributed by atoms with Crippen LogP contribution >= 0.6 is 11.3 Å². The lowest BCUT2D eigenvalue weighted by Crippen LogP contribution is -2.17. The summed E-state index contributed by atoms with van der Waals surface area (Å²) >= 11 is 1.11. The van der Waals surface area contributed by atoms with Gasteiger partial charge in [0, 0.05) is 5.69 Å². The Balaban J connectivity index is 1.52. The highest BCUT2D eigenvalue weighted by Gasteiger charge is 2.24. The summed E-state index contributed by atoms with van der Waals surface area (Å²) in [5, 5.41) is 27.2. The minimum Gasteiger partial charge on any atom is -0.358 e. The molecule has 0 bridgehead atoms. The molecule has 0 radical (unpaired) electrons. The maximum absolute atomic E-state index is 12.5. The van der Waals surface area contributed by atoms with Crippen LogP contribution in [-0.2, 0) is 14.1 Å². The number of nitro groups is 2. The van der Waals surface area contributed by atoms with E-state index in [1.165, 1.54) is 14.1 Å². The van der Waals surface area contributed by atoms with Crippen LogP contribution in [0, 0.1) is 20.2 Å². The lowest BCUT2D eigenvalue weighted by molar-refractivity contribution is -0.391. The molecule has 0 saturated heterocycles. The van der Waals surface area contributed by atoms with Crippen LogP contribution in [0.3, 0.4) is 0 Å². The van der Waals surface area contributed by atoms with E-state index in [4.69, 9.17) is 0 Å². The van der Waals surface area contributed by atoms with Gasteiger partial charge in [-0.1, -0.05) is 11.3 Å². The van der Waals surface area contributed by atoms with Gasteiger partial charge in [-0.2, -0.15) is 0 Å². The van der Waals surface area contributed by atoms with E-state index < -0.39 is 21.7 Å². The van der Waals surface area contributed by atoms with Gasteiger partial charge in [0.1, 0.15) is 12.4 Å². The largest absolute Gasteiger partial charge is 0.358 e. The molecule has 0 saturated carbocycles. The summed E-state index contributed by atoms with van der Waals surface area (Å²) in [6, 6.07) is 4.80. The van der Waals surface area contributed by atoms with E-state index in [1.807, 2.05) is 0 Å². The van der Waals surface area contributed by atoms with Crippen LogP contribution in [0.1, 0.15) is 21.2 Å². The molecule has 0 aliphatic rings. The predicted molar refractivity (Wildman–Crippen MR) is 115 cm³/mol.